The molecule has 8 heteroatoms. The standard InChI is InChI=1S/C25H24N2O6/c1-26-25(29)20-15-19(13-14-27-20)33-18-9-5-16(6-10-18)21(28)11-7-17-8-12-22(30-2)24(32-4)23(17)31-3/h5-15H,1-4H3,(H,26,29)/b11-7+. The molecule has 0 saturated heterocycles. The van der Waals surface area contributed by atoms with Gasteiger partial charge in [-0.2, -0.15) is 0 Å². The molecule has 0 saturated carbocycles. The fourth-order valence-electron chi connectivity index (χ4n) is 3.07. The number of allylic oxidation sites excluding steroid dienone is 1. The van der Waals surface area contributed by atoms with Crippen molar-refractivity contribution in [2.24, 2.45) is 0 Å². The molecule has 3 rings (SSSR count). The average molecular weight is 448 g/mol. The molecule has 33 heavy (non-hydrogen) atoms. The van der Waals surface area contributed by atoms with E-state index >= 15 is 0 Å². The number of benzene rings is 2. The molecule has 0 aliphatic carbocycles. The van der Waals surface area contributed by atoms with Crippen LogP contribution in [-0.2, 0) is 0 Å². The highest BCUT2D eigenvalue weighted by molar-refractivity contribution is 6.07. The van der Waals surface area contributed by atoms with Crippen molar-refractivity contribution in [3.63, 3.8) is 0 Å². The zero-order chi connectivity index (χ0) is 23.8. The van der Waals surface area contributed by atoms with Crippen LogP contribution in [0.3, 0.4) is 0 Å². The number of ether oxygens (including phenoxy) is 4. The van der Waals surface area contributed by atoms with Crippen LogP contribution in [0.1, 0.15) is 26.4 Å². The van der Waals surface area contributed by atoms with Crippen molar-refractivity contribution in [1.29, 1.82) is 0 Å². The molecule has 2 aromatic carbocycles. The van der Waals surface area contributed by atoms with Gasteiger partial charge in [-0.3, -0.25) is 14.6 Å². The summed E-state index contributed by atoms with van der Waals surface area (Å²) < 4.78 is 21.8. The molecule has 0 radical (unpaired) electrons. The molecule has 1 amide bonds. The van der Waals surface area contributed by atoms with E-state index in [2.05, 4.69) is 10.3 Å². The summed E-state index contributed by atoms with van der Waals surface area (Å²) in [5.41, 5.74) is 1.41. The fraction of sp³-hybridized carbons (Fsp3) is 0.160. The van der Waals surface area contributed by atoms with Crippen LogP contribution in [0.25, 0.3) is 6.08 Å². The van der Waals surface area contributed by atoms with Gasteiger partial charge in [0.2, 0.25) is 5.75 Å². The topological polar surface area (TPSA) is 96.0 Å². The summed E-state index contributed by atoms with van der Waals surface area (Å²) in [4.78, 5) is 28.4. The lowest BCUT2D eigenvalue weighted by Crippen LogP contribution is -2.18. The Morgan fingerprint density at radius 3 is 2.24 bits per heavy atom. The van der Waals surface area contributed by atoms with Crippen LogP contribution in [-0.4, -0.2) is 45.1 Å². The molecule has 0 spiro atoms. The lowest BCUT2D eigenvalue weighted by Gasteiger charge is -2.13. The minimum Gasteiger partial charge on any atom is -0.493 e. The predicted octanol–water partition coefficient (Wildman–Crippen LogP) is 4.16. The Morgan fingerprint density at radius 1 is 0.879 bits per heavy atom. The first-order valence-electron chi connectivity index (χ1n) is 9.98. The van der Waals surface area contributed by atoms with Crippen molar-refractivity contribution >= 4 is 17.8 Å². The number of amides is 1. The first-order valence-corrected chi connectivity index (χ1v) is 9.98. The van der Waals surface area contributed by atoms with Gasteiger partial charge in [0.05, 0.1) is 21.3 Å². The zero-order valence-corrected chi connectivity index (χ0v) is 18.7. The van der Waals surface area contributed by atoms with Crippen molar-refractivity contribution in [2.75, 3.05) is 28.4 Å². The van der Waals surface area contributed by atoms with E-state index in [-0.39, 0.29) is 17.4 Å². The lowest BCUT2D eigenvalue weighted by molar-refractivity contribution is 0.0957. The molecule has 1 N–H and O–H groups in total. The SMILES string of the molecule is CNC(=O)c1cc(Oc2ccc(C(=O)/C=C/c3ccc(OC)c(OC)c3OC)cc2)ccn1. The maximum atomic E-state index is 12.6. The van der Waals surface area contributed by atoms with Gasteiger partial charge in [0.1, 0.15) is 17.2 Å². The first-order chi connectivity index (χ1) is 16.0. The van der Waals surface area contributed by atoms with Crippen LogP contribution in [0.2, 0.25) is 0 Å². The van der Waals surface area contributed by atoms with Crippen LogP contribution >= 0.6 is 0 Å². The monoisotopic (exact) mass is 448 g/mol. The van der Waals surface area contributed by atoms with Gasteiger partial charge in [-0.05, 0) is 54.6 Å². The summed E-state index contributed by atoms with van der Waals surface area (Å²) in [6, 6.07) is 13.4. The number of ketones is 1. The second-order valence-corrected chi connectivity index (χ2v) is 6.70. The number of carbonyl (C=O) groups excluding carboxylic acids is 2. The highest BCUT2D eigenvalue weighted by atomic mass is 16.5. The van der Waals surface area contributed by atoms with Gasteiger partial charge in [-0.15, -0.1) is 0 Å². The van der Waals surface area contributed by atoms with E-state index in [1.54, 1.807) is 55.7 Å². The molecule has 0 aliphatic rings. The van der Waals surface area contributed by atoms with Crippen molar-refractivity contribution in [3.8, 4) is 28.7 Å². The van der Waals surface area contributed by atoms with E-state index in [1.807, 2.05) is 0 Å². The second-order valence-electron chi connectivity index (χ2n) is 6.70. The smallest absolute Gasteiger partial charge is 0.269 e. The highest BCUT2D eigenvalue weighted by Crippen LogP contribution is 2.40. The third kappa shape index (κ3) is 5.48. The Kier molecular flexibility index (Phi) is 7.64. The molecule has 8 nitrogen and oxygen atoms in total. The molecule has 0 fully saturated rings. The fourth-order valence-corrected chi connectivity index (χ4v) is 3.07. The summed E-state index contributed by atoms with van der Waals surface area (Å²) in [5, 5.41) is 2.51. The molecule has 0 aliphatic heterocycles. The normalized spacial score (nSPS) is 10.5. The molecule has 3 aromatic rings. The third-order valence-corrected chi connectivity index (χ3v) is 4.71. The zero-order valence-electron chi connectivity index (χ0n) is 18.7. The first kappa shape index (κ1) is 23.3. The van der Waals surface area contributed by atoms with Crippen molar-refractivity contribution in [2.45, 2.75) is 0 Å². The number of nitrogens with one attached hydrogen (secondary N) is 1. The van der Waals surface area contributed by atoms with Crippen molar-refractivity contribution < 1.29 is 28.5 Å². The van der Waals surface area contributed by atoms with E-state index < -0.39 is 0 Å². The predicted molar refractivity (Wildman–Crippen MR) is 124 cm³/mol. The number of aromatic nitrogens is 1. The molecule has 0 bridgehead atoms. The summed E-state index contributed by atoms with van der Waals surface area (Å²) >= 11 is 0. The molecule has 1 heterocycles. The summed E-state index contributed by atoms with van der Waals surface area (Å²) in [6.07, 6.45) is 4.61. The Bertz CT molecular complexity index is 1170. The lowest BCUT2D eigenvalue weighted by atomic mass is 10.1. The summed E-state index contributed by atoms with van der Waals surface area (Å²) in [7, 11) is 6.12. The van der Waals surface area contributed by atoms with Gasteiger partial charge in [-0.25, -0.2) is 0 Å². The van der Waals surface area contributed by atoms with Crippen LogP contribution in [0, 0.1) is 0 Å². The van der Waals surface area contributed by atoms with Gasteiger partial charge in [-0.1, -0.05) is 0 Å². The second kappa shape index (κ2) is 10.8. The minimum atomic E-state index is -0.306. The van der Waals surface area contributed by atoms with Crippen LogP contribution in [0.4, 0.5) is 0 Å². The largest absolute Gasteiger partial charge is 0.493 e. The van der Waals surface area contributed by atoms with Crippen LogP contribution in [0.5, 0.6) is 28.7 Å². The van der Waals surface area contributed by atoms with E-state index in [9.17, 15) is 9.59 Å². The van der Waals surface area contributed by atoms with E-state index in [0.29, 0.717) is 39.9 Å². The van der Waals surface area contributed by atoms with Gasteiger partial charge >= 0.3 is 0 Å². The van der Waals surface area contributed by atoms with E-state index in [0.717, 1.165) is 0 Å². The molecular formula is C25H24N2O6. The number of hydrogen-bond donors (Lipinski definition) is 1. The molecule has 0 atom stereocenters. The van der Waals surface area contributed by atoms with E-state index in [4.69, 9.17) is 18.9 Å². The Morgan fingerprint density at radius 2 is 1.61 bits per heavy atom. The van der Waals surface area contributed by atoms with Crippen LogP contribution in [0.15, 0.2) is 60.8 Å². The maximum Gasteiger partial charge on any atom is 0.269 e. The Hall–Kier alpha value is -4.33. The van der Waals surface area contributed by atoms with Crippen LogP contribution < -0.4 is 24.3 Å². The number of nitrogens with zero attached hydrogens (tertiary/aromatic N) is 1. The minimum absolute atomic E-state index is 0.191. The molecule has 170 valence electrons. The number of pyridine rings is 1. The highest BCUT2D eigenvalue weighted by Gasteiger charge is 2.14. The maximum absolute atomic E-state index is 12.6. The number of hydrogen-bond acceptors (Lipinski definition) is 7. The number of carbonyl (C=O) groups is 2. The van der Waals surface area contributed by atoms with Gasteiger partial charge in [0.15, 0.2) is 17.3 Å². The quantitative estimate of drug-likeness (QED) is 0.388. The number of rotatable bonds is 9. The Labute approximate surface area is 191 Å². The Balaban J connectivity index is 1.74. The van der Waals surface area contributed by atoms with E-state index in [1.165, 1.54) is 39.6 Å². The molecule has 0 unspecified atom stereocenters. The number of methoxy groups -OCH3 is 3. The van der Waals surface area contributed by atoms with Crippen molar-refractivity contribution in [1.82, 2.24) is 10.3 Å². The van der Waals surface area contributed by atoms with Crippen molar-refractivity contribution in [3.05, 3.63) is 77.6 Å². The molecule has 1 aromatic heterocycles. The average Bonchev–Trinajstić information content (AvgIpc) is 2.86. The summed E-state index contributed by atoms with van der Waals surface area (Å²) in [6.45, 7) is 0. The summed E-state index contributed by atoms with van der Waals surface area (Å²) in [5.74, 6) is 1.94. The third-order valence-electron chi connectivity index (χ3n) is 4.71. The molecular weight excluding hydrogens is 424 g/mol. The van der Waals surface area contributed by atoms with Gasteiger partial charge in [0, 0.05) is 30.4 Å². The van der Waals surface area contributed by atoms with Gasteiger partial charge < -0.3 is 24.3 Å². The van der Waals surface area contributed by atoms with Gasteiger partial charge in [0.25, 0.3) is 5.91 Å².